The Morgan fingerprint density at radius 2 is 1.86 bits per heavy atom. The van der Waals surface area contributed by atoms with E-state index in [1.54, 1.807) is 24.3 Å². The van der Waals surface area contributed by atoms with Crippen LogP contribution in [0.4, 0.5) is 0 Å². The van der Waals surface area contributed by atoms with Gasteiger partial charge in [-0.1, -0.05) is 41.4 Å². The van der Waals surface area contributed by atoms with Gasteiger partial charge in [0.2, 0.25) is 5.88 Å². The Balaban J connectivity index is 2.04. The molecular formula is C16H11Cl2NO2. The van der Waals surface area contributed by atoms with Gasteiger partial charge in [-0.3, -0.25) is 0 Å². The third kappa shape index (κ3) is 2.95. The first kappa shape index (κ1) is 14.1. The van der Waals surface area contributed by atoms with E-state index in [1.165, 1.54) is 0 Å². The Bertz CT molecular complexity index is 805. The lowest BCUT2D eigenvalue weighted by Crippen LogP contribution is -1.94. The van der Waals surface area contributed by atoms with E-state index in [9.17, 15) is 5.11 Å². The maximum Gasteiger partial charge on any atom is 0.220 e. The second kappa shape index (κ2) is 5.90. The zero-order valence-electron chi connectivity index (χ0n) is 10.9. The molecule has 1 heterocycles. The van der Waals surface area contributed by atoms with Gasteiger partial charge < -0.3 is 9.84 Å². The number of pyridine rings is 1. The van der Waals surface area contributed by atoms with Gasteiger partial charge in [0.15, 0.2) is 0 Å². The minimum absolute atomic E-state index is 0.0895. The van der Waals surface area contributed by atoms with E-state index in [0.29, 0.717) is 21.7 Å². The lowest BCUT2D eigenvalue weighted by Gasteiger charge is -2.10. The quantitative estimate of drug-likeness (QED) is 0.752. The Morgan fingerprint density at radius 1 is 1.05 bits per heavy atom. The van der Waals surface area contributed by atoms with Crippen LogP contribution in [0.2, 0.25) is 10.0 Å². The van der Waals surface area contributed by atoms with E-state index >= 15 is 0 Å². The standard InChI is InChI=1S/C16H11Cl2NO2/c17-11-5-6-15(13(18)8-11)21-16-7-10(9-20)12-3-1-2-4-14(12)19-16/h1-8,20H,9H2. The van der Waals surface area contributed by atoms with Crippen molar-refractivity contribution in [3.05, 3.63) is 64.1 Å². The van der Waals surface area contributed by atoms with Crippen molar-refractivity contribution in [3.8, 4) is 11.6 Å². The molecule has 21 heavy (non-hydrogen) atoms. The van der Waals surface area contributed by atoms with Gasteiger partial charge in [-0.2, -0.15) is 0 Å². The fourth-order valence-electron chi connectivity index (χ4n) is 2.07. The molecule has 0 amide bonds. The third-order valence-corrected chi connectivity index (χ3v) is 3.59. The van der Waals surface area contributed by atoms with Crippen LogP contribution in [0.5, 0.6) is 11.6 Å². The van der Waals surface area contributed by atoms with Crippen molar-refractivity contribution in [3.63, 3.8) is 0 Å². The number of ether oxygens (including phenoxy) is 1. The molecule has 1 aromatic heterocycles. The minimum atomic E-state index is -0.0895. The summed E-state index contributed by atoms with van der Waals surface area (Å²) in [5.41, 5.74) is 1.50. The monoisotopic (exact) mass is 319 g/mol. The van der Waals surface area contributed by atoms with Crippen LogP contribution in [0.3, 0.4) is 0 Å². The molecule has 0 bridgehead atoms. The summed E-state index contributed by atoms with van der Waals surface area (Å²) in [5.74, 6) is 0.842. The largest absolute Gasteiger partial charge is 0.437 e. The van der Waals surface area contributed by atoms with E-state index in [0.717, 1.165) is 16.5 Å². The molecule has 3 aromatic rings. The fourth-order valence-corrected chi connectivity index (χ4v) is 2.52. The van der Waals surface area contributed by atoms with Gasteiger partial charge in [0, 0.05) is 16.5 Å². The number of hydrogen-bond donors (Lipinski definition) is 1. The molecule has 0 saturated carbocycles. The molecule has 0 fully saturated rings. The molecule has 0 unspecified atom stereocenters. The first-order valence-corrected chi connectivity index (χ1v) is 7.05. The number of benzene rings is 2. The fraction of sp³-hybridized carbons (Fsp3) is 0.0625. The smallest absolute Gasteiger partial charge is 0.220 e. The summed E-state index contributed by atoms with van der Waals surface area (Å²) in [7, 11) is 0. The highest BCUT2D eigenvalue weighted by molar-refractivity contribution is 6.35. The summed E-state index contributed by atoms with van der Waals surface area (Å²) in [6, 6.07) is 14.2. The second-order valence-corrected chi connectivity index (χ2v) is 5.32. The highest BCUT2D eigenvalue weighted by Crippen LogP contribution is 2.32. The lowest BCUT2D eigenvalue weighted by molar-refractivity contribution is 0.282. The highest BCUT2D eigenvalue weighted by atomic mass is 35.5. The number of nitrogens with zero attached hydrogens (tertiary/aromatic N) is 1. The molecule has 5 heteroatoms. The molecule has 0 radical (unpaired) electrons. The number of hydrogen-bond acceptors (Lipinski definition) is 3. The zero-order valence-corrected chi connectivity index (χ0v) is 12.4. The third-order valence-electron chi connectivity index (χ3n) is 3.06. The Morgan fingerprint density at radius 3 is 2.62 bits per heavy atom. The molecule has 0 saturated heterocycles. The molecule has 106 valence electrons. The molecule has 0 aliphatic rings. The van der Waals surface area contributed by atoms with E-state index < -0.39 is 0 Å². The van der Waals surface area contributed by atoms with Crippen LogP contribution in [0, 0.1) is 0 Å². The molecule has 3 nitrogen and oxygen atoms in total. The van der Waals surface area contributed by atoms with E-state index in [-0.39, 0.29) is 6.61 Å². The molecule has 0 aliphatic carbocycles. The molecule has 0 aliphatic heterocycles. The summed E-state index contributed by atoms with van der Waals surface area (Å²) in [6.07, 6.45) is 0. The summed E-state index contributed by atoms with van der Waals surface area (Å²) in [6.45, 7) is -0.0895. The van der Waals surface area contributed by atoms with Crippen molar-refractivity contribution in [1.29, 1.82) is 0 Å². The van der Waals surface area contributed by atoms with Gasteiger partial charge in [-0.15, -0.1) is 0 Å². The van der Waals surface area contributed by atoms with Crippen LogP contribution in [-0.2, 0) is 6.61 Å². The first-order valence-electron chi connectivity index (χ1n) is 6.30. The van der Waals surface area contributed by atoms with E-state index in [4.69, 9.17) is 27.9 Å². The van der Waals surface area contributed by atoms with Crippen molar-refractivity contribution in [1.82, 2.24) is 4.98 Å². The molecule has 0 spiro atoms. The van der Waals surface area contributed by atoms with Crippen LogP contribution in [-0.4, -0.2) is 10.1 Å². The molecule has 0 atom stereocenters. The number of aliphatic hydroxyl groups excluding tert-OH is 1. The van der Waals surface area contributed by atoms with Crippen molar-refractivity contribution < 1.29 is 9.84 Å². The van der Waals surface area contributed by atoms with Gasteiger partial charge >= 0.3 is 0 Å². The molecule has 1 N–H and O–H groups in total. The summed E-state index contributed by atoms with van der Waals surface area (Å²) < 4.78 is 5.70. The van der Waals surface area contributed by atoms with Crippen molar-refractivity contribution >= 4 is 34.1 Å². The number of para-hydroxylation sites is 1. The lowest BCUT2D eigenvalue weighted by atomic mass is 10.1. The predicted octanol–water partition coefficient (Wildman–Crippen LogP) is 4.83. The second-order valence-electron chi connectivity index (χ2n) is 4.47. The SMILES string of the molecule is OCc1cc(Oc2ccc(Cl)cc2Cl)nc2ccccc12. The minimum Gasteiger partial charge on any atom is -0.437 e. The van der Waals surface area contributed by atoms with Crippen LogP contribution in [0.1, 0.15) is 5.56 Å². The van der Waals surface area contributed by atoms with Gasteiger partial charge in [0.1, 0.15) is 5.75 Å². The average molecular weight is 320 g/mol. The molecule has 3 rings (SSSR count). The molecule has 2 aromatic carbocycles. The van der Waals surface area contributed by atoms with Crippen LogP contribution in [0.15, 0.2) is 48.5 Å². The van der Waals surface area contributed by atoms with Gasteiger partial charge in [0.05, 0.1) is 17.1 Å². The topological polar surface area (TPSA) is 42.4 Å². The Kier molecular flexibility index (Phi) is 3.97. The molecular weight excluding hydrogens is 309 g/mol. The predicted molar refractivity (Wildman–Crippen MR) is 84.2 cm³/mol. The highest BCUT2D eigenvalue weighted by Gasteiger charge is 2.09. The summed E-state index contributed by atoms with van der Waals surface area (Å²) in [4.78, 5) is 4.42. The normalized spacial score (nSPS) is 10.8. The van der Waals surface area contributed by atoms with Gasteiger partial charge in [-0.25, -0.2) is 4.98 Å². The van der Waals surface area contributed by atoms with Crippen molar-refractivity contribution in [2.24, 2.45) is 0 Å². The van der Waals surface area contributed by atoms with Gasteiger partial charge in [0.25, 0.3) is 0 Å². The number of fused-ring (bicyclic) bond motifs is 1. The summed E-state index contributed by atoms with van der Waals surface area (Å²) in [5, 5.41) is 11.3. The number of rotatable bonds is 3. The number of aliphatic hydroxyl groups is 1. The van der Waals surface area contributed by atoms with Crippen molar-refractivity contribution in [2.45, 2.75) is 6.61 Å². The number of aromatic nitrogens is 1. The Labute approximate surface area is 131 Å². The zero-order chi connectivity index (χ0) is 14.8. The van der Waals surface area contributed by atoms with E-state index in [1.807, 2.05) is 24.3 Å². The average Bonchev–Trinajstić information content (AvgIpc) is 2.49. The maximum absolute atomic E-state index is 9.49. The van der Waals surface area contributed by atoms with Gasteiger partial charge in [-0.05, 0) is 29.8 Å². The van der Waals surface area contributed by atoms with Crippen LogP contribution < -0.4 is 4.74 Å². The first-order chi connectivity index (χ1) is 10.2. The number of halogens is 2. The maximum atomic E-state index is 9.49. The van der Waals surface area contributed by atoms with E-state index in [2.05, 4.69) is 4.98 Å². The van der Waals surface area contributed by atoms with Crippen LogP contribution >= 0.6 is 23.2 Å². The summed E-state index contributed by atoms with van der Waals surface area (Å²) >= 11 is 11.9. The van der Waals surface area contributed by atoms with Crippen LogP contribution in [0.25, 0.3) is 10.9 Å². The van der Waals surface area contributed by atoms with Crippen molar-refractivity contribution in [2.75, 3.05) is 0 Å². The Hall–Kier alpha value is -1.81.